The summed E-state index contributed by atoms with van der Waals surface area (Å²) in [5.74, 6) is -0.439. The van der Waals surface area contributed by atoms with Crippen LogP contribution in [0.4, 0.5) is 0 Å². The molecule has 2 aromatic heterocycles. The first-order valence-corrected chi connectivity index (χ1v) is 7.61. The average Bonchev–Trinajstić information content (AvgIpc) is 3.09. The lowest BCUT2D eigenvalue weighted by Gasteiger charge is -2.14. The second-order valence-corrected chi connectivity index (χ2v) is 5.75. The van der Waals surface area contributed by atoms with Crippen molar-refractivity contribution in [1.29, 1.82) is 0 Å². The molecule has 0 bridgehead atoms. The van der Waals surface area contributed by atoms with Crippen LogP contribution in [0.1, 0.15) is 27.4 Å². The van der Waals surface area contributed by atoms with E-state index in [1.807, 2.05) is 24.3 Å². The minimum absolute atomic E-state index is 0.195. The quantitative estimate of drug-likeness (QED) is 0.672. The van der Waals surface area contributed by atoms with Crippen molar-refractivity contribution in [3.05, 3.63) is 59.2 Å². The Hall–Kier alpha value is -3.02. The summed E-state index contributed by atoms with van der Waals surface area (Å²) in [5.41, 5.74) is 2.14. The molecular formula is C18H18N2O4. The monoisotopic (exact) mass is 326 g/mol. The molecule has 0 fully saturated rings. The van der Waals surface area contributed by atoms with Crippen molar-refractivity contribution < 1.29 is 19.1 Å². The van der Waals surface area contributed by atoms with Crippen molar-refractivity contribution in [2.45, 2.75) is 26.3 Å². The lowest BCUT2D eigenvalue weighted by molar-refractivity contribution is -0.139. The van der Waals surface area contributed by atoms with Crippen LogP contribution >= 0.6 is 0 Å². The summed E-state index contributed by atoms with van der Waals surface area (Å²) < 4.78 is 5.33. The molecule has 1 amide bonds. The number of fused-ring (bicyclic) bond motifs is 1. The largest absolute Gasteiger partial charge is 0.480 e. The van der Waals surface area contributed by atoms with Gasteiger partial charge in [0.1, 0.15) is 17.6 Å². The molecule has 0 unspecified atom stereocenters. The van der Waals surface area contributed by atoms with Gasteiger partial charge in [-0.05, 0) is 31.5 Å². The summed E-state index contributed by atoms with van der Waals surface area (Å²) in [6, 6.07) is 8.23. The number of carbonyl (C=O) groups is 2. The van der Waals surface area contributed by atoms with E-state index in [0.717, 1.165) is 16.5 Å². The third kappa shape index (κ3) is 3.03. The second kappa shape index (κ2) is 6.23. The Balaban J connectivity index is 1.81. The van der Waals surface area contributed by atoms with Crippen LogP contribution in [0.2, 0.25) is 0 Å². The molecule has 124 valence electrons. The van der Waals surface area contributed by atoms with Gasteiger partial charge in [-0.3, -0.25) is 4.79 Å². The first-order chi connectivity index (χ1) is 11.5. The molecular weight excluding hydrogens is 308 g/mol. The number of nitrogens with one attached hydrogen (secondary N) is 2. The van der Waals surface area contributed by atoms with Gasteiger partial charge in [0.2, 0.25) is 0 Å². The summed E-state index contributed by atoms with van der Waals surface area (Å²) in [6.45, 7) is 3.42. The van der Waals surface area contributed by atoms with Crippen LogP contribution in [0.15, 0.2) is 40.9 Å². The van der Waals surface area contributed by atoms with E-state index in [1.54, 1.807) is 26.1 Å². The molecule has 0 saturated heterocycles. The number of aromatic amines is 1. The van der Waals surface area contributed by atoms with Crippen LogP contribution in [0.3, 0.4) is 0 Å². The number of carboxylic acids is 1. The van der Waals surface area contributed by atoms with Gasteiger partial charge in [-0.25, -0.2) is 4.79 Å². The minimum atomic E-state index is -1.08. The Morgan fingerprint density at radius 3 is 2.71 bits per heavy atom. The first-order valence-electron chi connectivity index (χ1n) is 7.61. The third-order valence-corrected chi connectivity index (χ3v) is 3.99. The first kappa shape index (κ1) is 15.9. The number of aromatic nitrogens is 1. The molecule has 0 aliphatic carbocycles. The molecule has 0 saturated carbocycles. The zero-order valence-corrected chi connectivity index (χ0v) is 13.4. The number of hydrogen-bond donors (Lipinski definition) is 3. The third-order valence-electron chi connectivity index (χ3n) is 3.99. The number of benzene rings is 1. The molecule has 0 spiro atoms. The SMILES string of the molecule is Cc1cc(C(=O)N[C@H](Cc2c[nH]c3ccccc23)C(=O)O)c(C)o1. The Labute approximate surface area is 138 Å². The number of carboxylic acid groups (broad SMARTS) is 1. The van der Waals surface area contributed by atoms with Gasteiger partial charge >= 0.3 is 5.97 Å². The van der Waals surface area contributed by atoms with Crippen molar-refractivity contribution in [2.75, 3.05) is 0 Å². The summed E-state index contributed by atoms with van der Waals surface area (Å²) in [4.78, 5) is 27.0. The Morgan fingerprint density at radius 1 is 1.29 bits per heavy atom. The summed E-state index contributed by atoms with van der Waals surface area (Å²) >= 11 is 0. The normalized spacial score (nSPS) is 12.2. The number of furan rings is 1. The summed E-state index contributed by atoms with van der Waals surface area (Å²) in [5, 5.41) is 13.0. The van der Waals surface area contributed by atoms with Crippen LogP contribution < -0.4 is 5.32 Å². The number of aliphatic carboxylic acids is 1. The van der Waals surface area contributed by atoms with E-state index < -0.39 is 17.9 Å². The van der Waals surface area contributed by atoms with E-state index in [4.69, 9.17) is 4.42 Å². The average molecular weight is 326 g/mol. The molecule has 3 N–H and O–H groups in total. The maximum atomic E-state index is 12.3. The number of amides is 1. The number of para-hydroxylation sites is 1. The molecule has 3 aromatic rings. The van der Waals surface area contributed by atoms with Gasteiger partial charge in [0, 0.05) is 23.5 Å². The Bertz CT molecular complexity index is 907. The van der Waals surface area contributed by atoms with Gasteiger partial charge in [-0.2, -0.15) is 0 Å². The summed E-state index contributed by atoms with van der Waals surface area (Å²) in [6.07, 6.45) is 1.97. The fourth-order valence-electron chi connectivity index (χ4n) is 2.81. The minimum Gasteiger partial charge on any atom is -0.480 e. The van der Waals surface area contributed by atoms with Crippen molar-refractivity contribution >= 4 is 22.8 Å². The van der Waals surface area contributed by atoms with Gasteiger partial charge in [0.15, 0.2) is 0 Å². The van der Waals surface area contributed by atoms with E-state index in [9.17, 15) is 14.7 Å². The highest BCUT2D eigenvalue weighted by Crippen LogP contribution is 2.20. The Morgan fingerprint density at radius 2 is 2.04 bits per heavy atom. The topological polar surface area (TPSA) is 95.3 Å². The Kier molecular flexibility index (Phi) is 4.12. The lowest BCUT2D eigenvalue weighted by atomic mass is 10.0. The van der Waals surface area contributed by atoms with Gasteiger partial charge in [0.05, 0.1) is 5.56 Å². The van der Waals surface area contributed by atoms with E-state index in [0.29, 0.717) is 17.1 Å². The molecule has 0 radical (unpaired) electrons. The predicted octanol–water partition coefficient (Wildman–Crippen LogP) is 2.80. The molecule has 3 rings (SSSR count). The molecule has 0 aliphatic rings. The second-order valence-electron chi connectivity index (χ2n) is 5.75. The van der Waals surface area contributed by atoms with Crippen molar-refractivity contribution in [3.63, 3.8) is 0 Å². The molecule has 1 atom stereocenters. The van der Waals surface area contributed by atoms with Crippen molar-refractivity contribution in [3.8, 4) is 0 Å². The standard InChI is InChI=1S/C18H18N2O4/c1-10-7-14(11(2)24-10)17(21)20-16(18(22)23)8-12-9-19-15-6-4-3-5-13(12)15/h3-7,9,16,19H,8H2,1-2H3,(H,20,21)(H,22,23)/t16-/m1/s1. The van der Waals surface area contributed by atoms with Gasteiger partial charge < -0.3 is 19.8 Å². The number of rotatable bonds is 5. The van der Waals surface area contributed by atoms with Gasteiger partial charge in [-0.15, -0.1) is 0 Å². The number of aryl methyl sites for hydroxylation is 2. The number of hydrogen-bond acceptors (Lipinski definition) is 3. The molecule has 0 aliphatic heterocycles. The molecule has 6 nitrogen and oxygen atoms in total. The smallest absolute Gasteiger partial charge is 0.326 e. The van der Waals surface area contributed by atoms with Crippen LogP contribution in [0.25, 0.3) is 10.9 Å². The summed E-state index contributed by atoms with van der Waals surface area (Å²) in [7, 11) is 0. The van der Waals surface area contributed by atoms with Crippen LogP contribution in [-0.2, 0) is 11.2 Å². The van der Waals surface area contributed by atoms with Gasteiger partial charge in [0.25, 0.3) is 5.91 Å². The molecule has 24 heavy (non-hydrogen) atoms. The predicted molar refractivity (Wildman–Crippen MR) is 89.1 cm³/mol. The highest BCUT2D eigenvalue weighted by molar-refractivity contribution is 5.97. The van der Waals surface area contributed by atoms with E-state index in [-0.39, 0.29) is 6.42 Å². The molecule has 6 heteroatoms. The lowest BCUT2D eigenvalue weighted by Crippen LogP contribution is -2.42. The van der Waals surface area contributed by atoms with Crippen molar-refractivity contribution in [2.24, 2.45) is 0 Å². The fraction of sp³-hybridized carbons (Fsp3) is 0.222. The maximum Gasteiger partial charge on any atom is 0.326 e. The number of H-pyrrole nitrogens is 1. The highest BCUT2D eigenvalue weighted by atomic mass is 16.4. The van der Waals surface area contributed by atoms with E-state index in [2.05, 4.69) is 10.3 Å². The molecule has 1 aromatic carbocycles. The zero-order chi connectivity index (χ0) is 17.3. The number of carbonyl (C=O) groups excluding carboxylic acids is 1. The van der Waals surface area contributed by atoms with E-state index >= 15 is 0 Å². The zero-order valence-electron chi connectivity index (χ0n) is 13.4. The van der Waals surface area contributed by atoms with Crippen LogP contribution in [0.5, 0.6) is 0 Å². The molecule has 2 heterocycles. The van der Waals surface area contributed by atoms with Crippen LogP contribution in [-0.4, -0.2) is 28.0 Å². The maximum absolute atomic E-state index is 12.3. The van der Waals surface area contributed by atoms with Gasteiger partial charge in [-0.1, -0.05) is 18.2 Å². The fourth-order valence-corrected chi connectivity index (χ4v) is 2.81. The highest BCUT2D eigenvalue weighted by Gasteiger charge is 2.24. The van der Waals surface area contributed by atoms with Crippen molar-refractivity contribution in [1.82, 2.24) is 10.3 Å². The van der Waals surface area contributed by atoms with Crippen LogP contribution in [0, 0.1) is 13.8 Å². The van der Waals surface area contributed by atoms with E-state index in [1.165, 1.54) is 0 Å².